The SMILES string of the molecule is CN(Cc1ccccc1)C(=O)c1ccc(NC(C)(C)C)nn1. The van der Waals surface area contributed by atoms with Crippen LogP contribution in [0.5, 0.6) is 0 Å². The zero-order valence-electron chi connectivity index (χ0n) is 13.5. The molecule has 0 unspecified atom stereocenters. The number of anilines is 1. The van der Waals surface area contributed by atoms with Crippen molar-refractivity contribution in [1.29, 1.82) is 0 Å². The van der Waals surface area contributed by atoms with Crippen LogP contribution in [0.1, 0.15) is 36.8 Å². The standard InChI is InChI=1S/C17H22N4O/c1-17(2,3)18-15-11-10-14(19-20-15)16(22)21(4)12-13-8-6-5-7-9-13/h5-11H,12H2,1-4H3,(H,18,20). The van der Waals surface area contributed by atoms with Crippen molar-refractivity contribution < 1.29 is 4.79 Å². The van der Waals surface area contributed by atoms with Gasteiger partial charge in [0.1, 0.15) is 5.82 Å². The number of aromatic nitrogens is 2. The Kier molecular flexibility index (Phi) is 4.75. The number of carbonyl (C=O) groups is 1. The van der Waals surface area contributed by atoms with Crippen LogP contribution in [0, 0.1) is 0 Å². The van der Waals surface area contributed by atoms with Crippen LogP contribution in [0.4, 0.5) is 5.82 Å². The molecule has 5 heteroatoms. The predicted octanol–water partition coefficient (Wildman–Crippen LogP) is 2.96. The minimum atomic E-state index is -0.140. The van der Waals surface area contributed by atoms with E-state index >= 15 is 0 Å². The highest BCUT2D eigenvalue weighted by molar-refractivity contribution is 5.92. The molecule has 22 heavy (non-hydrogen) atoms. The molecule has 1 aromatic carbocycles. The van der Waals surface area contributed by atoms with Crippen LogP contribution < -0.4 is 5.32 Å². The number of rotatable bonds is 4. The highest BCUT2D eigenvalue weighted by atomic mass is 16.2. The highest BCUT2D eigenvalue weighted by Gasteiger charge is 2.15. The molecule has 0 saturated heterocycles. The van der Waals surface area contributed by atoms with Crippen molar-refractivity contribution in [2.24, 2.45) is 0 Å². The summed E-state index contributed by atoms with van der Waals surface area (Å²) in [6.07, 6.45) is 0. The van der Waals surface area contributed by atoms with Crippen LogP contribution in [0.3, 0.4) is 0 Å². The quantitative estimate of drug-likeness (QED) is 0.943. The first-order valence-corrected chi connectivity index (χ1v) is 7.26. The van der Waals surface area contributed by atoms with Crippen molar-refractivity contribution >= 4 is 11.7 Å². The third kappa shape index (κ3) is 4.55. The van der Waals surface area contributed by atoms with E-state index in [0.29, 0.717) is 18.1 Å². The van der Waals surface area contributed by atoms with E-state index in [2.05, 4.69) is 15.5 Å². The van der Waals surface area contributed by atoms with Gasteiger partial charge in [-0.2, -0.15) is 0 Å². The van der Waals surface area contributed by atoms with E-state index in [1.165, 1.54) is 0 Å². The molecular weight excluding hydrogens is 276 g/mol. The van der Waals surface area contributed by atoms with E-state index in [1.807, 2.05) is 51.1 Å². The van der Waals surface area contributed by atoms with Crippen molar-refractivity contribution in [2.45, 2.75) is 32.9 Å². The molecule has 0 radical (unpaired) electrons. The largest absolute Gasteiger partial charge is 0.364 e. The zero-order valence-corrected chi connectivity index (χ0v) is 13.5. The van der Waals surface area contributed by atoms with E-state index in [4.69, 9.17) is 0 Å². The molecule has 2 aromatic rings. The summed E-state index contributed by atoms with van der Waals surface area (Å²) in [4.78, 5) is 14.0. The van der Waals surface area contributed by atoms with E-state index < -0.39 is 0 Å². The molecule has 1 aromatic heterocycles. The van der Waals surface area contributed by atoms with Gasteiger partial charge in [-0.3, -0.25) is 4.79 Å². The van der Waals surface area contributed by atoms with E-state index in [1.54, 1.807) is 24.1 Å². The number of carbonyl (C=O) groups excluding carboxylic acids is 1. The molecule has 5 nitrogen and oxygen atoms in total. The third-order valence-electron chi connectivity index (χ3n) is 3.00. The minimum absolute atomic E-state index is 0.0929. The molecular formula is C17H22N4O. The van der Waals surface area contributed by atoms with Crippen molar-refractivity contribution in [2.75, 3.05) is 12.4 Å². The molecule has 2 rings (SSSR count). The smallest absolute Gasteiger partial charge is 0.274 e. The van der Waals surface area contributed by atoms with E-state index in [0.717, 1.165) is 5.56 Å². The Morgan fingerprint density at radius 3 is 2.32 bits per heavy atom. The summed E-state index contributed by atoms with van der Waals surface area (Å²) in [5.74, 6) is 0.522. The summed E-state index contributed by atoms with van der Waals surface area (Å²) in [6, 6.07) is 13.3. The average Bonchev–Trinajstić information content (AvgIpc) is 2.46. The summed E-state index contributed by atoms with van der Waals surface area (Å²) in [5.41, 5.74) is 1.33. The summed E-state index contributed by atoms with van der Waals surface area (Å²) in [6.45, 7) is 6.67. The summed E-state index contributed by atoms with van der Waals surface area (Å²) in [7, 11) is 1.76. The van der Waals surface area contributed by atoms with Gasteiger partial charge < -0.3 is 10.2 Å². The molecule has 0 fully saturated rings. The lowest BCUT2D eigenvalue weighted by atomic mass is 10.1. The predicted molar refractivity (Wildman–Crippen MR) is 87.6 cm³/mol. The van der Waals surface area contributed by atoms with Crippen molar-refractivity contribution in [3.05, 3.63) is 53.7 Å². The van der Waals surface area contributed by atoms with E-state index in [-0.39, 0.29) is 11.4 Å². The van der Waals surface area contributed by atoms with Gasteiger partial charge in [-0.1, -0.05) is 30.3 Å². The van der Waals surface area contributed by atoms with Crippen LogP contribution >= 0.6 is 0 Å². The van der Waals surface area contributed by atoms with Crippen LogP contribution in [-0.2, 0) is 6.54 Å². The summed E-state index contributed by atoms with van der Waals surface area (Å²) >= 11 is 0. The zero-order chi connectivity index (χ0) is 16.2. The molecule has 0 bridgehead atoms. The lowest BCUT2D eigenvalue weighted by Crippen LogP contribution is -2.29. The molecule has 1 N–H and O–H groups in total. The van der Waals surface area contributed by atoms with Gasteiger partial charge in [0.15, 0.2) is 5.69 Å². The molecule has 0 saturated carbocycles. The molecule has 1 amide bonds. The topological polar surface area (TPSA) is 58.1 Å². The van der Waals surface area contributed by atoms with Gasteiger partial charge >= 0.3 is 0 Å². The number of nitrogens with one attached hydrogen (secondary N) is 1. The fourth-order valence-corrected chi connectivity index (χ4v) is 2.02. The van der Waals surface area contributed by atoms with E-state index in [9.17, 15) is 4.79 Å². The van der Waals surface area contributed by atoms with Crippen molar-refractivity contribution in [3.63, 3.8) is 0 Å². The number of nitrogens with zero attached hydrogens (tertiary/aromatic N) is 3. The Balaban J connectivity index is 2.03. The average molecular weight is 298 g/mol. The molecule has 116 valence electrons. The third-order valence-corrected chi connectivity index (χ3v) is 3.00. The summed E-state index contributed by atoms with van der Waals surface area (Å²) < 4.78 is 0. The van der Waals surface area contributed by atoms with Crippen LogP contribution in [0.2, 0.25) is 0 Å². The van der Waals surface area contributed by atoms with Crippen molar-refractivity contribution in [3.8, 4) is 0 Å². The maximum absolute atomic E-state index is 12.3. The number of hydrogen-bond donors (Lipinski definition) is 1. The number of benzene rings is 1. The molecule has 0 aliphatic carbocycles. The van der Waals surface area contributed by atoms with Gasteiger partial charge in [0.2, 0.25) is 0 Å². The normalized spacial score (nSPS) is 11.1. The van der Waals surface area contributed by atoms with Gasteiger partial charge in [-0.15, -0.1) is 10.2 Å². The number of hydrogen-bond acceptors (Lipinski definition) is 4. The second-order valence-electron chi connectivity index (χ2n) is 6.33. The summed E-state index contributed by atoms with van der Waals surface area (Å²) in [5, 5.41) is 11.3. The highest BCUT2D eigenvalue weighted by Crippen LogP contribution is 2.12. The minimum Gasteiger partial charge on any atom is -0.364 e. The lowest BCUT2D eigenvalue weighted by molar-refractivity contribution is 0.0778. The first kappa shape index (κ1) is 15.9. The second-order valence-corrected chi connectivity index (χ2v) is 6.33. The van der Waals surface area contributed by atoms with Gasteiger partial charge in [-0.05, 0) is 38.5 Å². The van der Waals surface area contributed by atoms with Crippen LogP contribution in [-0.4, -0.2) is 33.6 Å². The maximum atomic E-state index is 12.3. The molecule has 0 atom stereocenters. The van der Waals surface area contributed by atoms with Gasteiger partial charge in [0.05, 0.1) is 0 Å². The van der Waals surface area contributed by atoms with Crippen LogP contribution in [0.25, 0.3) is 0 Å². The first-order valence-electron chi connectivity index (χ1n) is 7.26. The molecule has 0 spiro atoms. The number of amides is 1. The Morgan fingerprint density at radius 2 is 1.77 bits per heavy atom. The fourth-order valence-electron chi connectivity index (χ4n) is 2.02. The fraction of sp³-hybridized carbons (Fsp3) is 0.353. The Bertz CT molecular complexity index is 617. The van der Waals surface area contributed by atoms with Gasteiger partial charge in [0, 0.05) is 19.1 Å². The first-order chi connectivity index (χ1) is 10.3. The van der Waals surface area contributed by atoms with Gasteiger partial charge in [0.25, 0.3) is 5.91 Å². The Hall–Kier alpha value is -2.43. The van der Waals surface area contributed by atoms with Gasteiger partial charge in [-0.25, -0.2) is 0 Å². The monoisotopic (exact) mass is 298 g/mol. The Labute approximate surface area is 131 Å². The lowest BCUT2D eigenvalue weighted by Gasteiger charge is -2.21. The molecule has 1 heterocycles. The Morgan fingerprint density at radius 1 is 1.09 bits per heavy atom. The van der Waals surface area contributed by atoms with Crippen LogP contribution in [0.15, 0.2) is 42.5 Å². The van der Waals surface area contributed by atoms with Crippen molar-refractivity contribution in [1.82, 2.24) is 15.1 Å². The molecule has 0 aliphatic rings. The second kappa shape index (κ2) is 6.56. The molecule has 0 aliphatic heterocycles. The maximum Gasteiger partial charge on any atom is 0.274 e.